The number of fused-ring (bicyclic) bond motifs is 1. The normalized spacial score (nSPS) is 25.9. The van der Waals surface area contributed by atoms with Crippen LogP contribution in [0, 0.1) is 12.8 Å². The van der Waals surface area contributed by atoms with Crippen LogP contribution in [0.2, 0.25) is 0 Å². The Balaban J connectivity index is 1.96. The quantitative estimate of drug-likeness (QED) is 0.759. The SMILES string of the molecule is CC1=C[C@H]2[C@@H](C[C@H]1O)C(C)(C)N=C(c1ccccc1)N2S(=O)(=O)c1ccc(C)cc1. The van der Waals surface area contributed by atoms with Crippen LogP contribution in [-0.4, -0.2) is 41.3 Å². The highest BCUT2D eigenvalue weighted by atomic mass is 32.2. The van der Waals surface area contributed by atoms with E-state index in [0.29, 0.717) is 12.3 Å². The molecule has 0 saturated heterocycles. The van der Waals surface area contributed by atoms with Gasteiger partial charge < -0.3 is 5.11 Å². The molecule has 0 fully saturated rings. The minimum Gasteiger partial charge on any atom is -0.389 e. The number of hydrogen-bond donors (Lipinski definition) is 1. The lowest BCUT2D eigenvalue weighted by atomic mass is 9.72. The maximum atomic E-state index is 13.9. The van der Waals surface area contributed by atoms with Crippen molar-refractivity contribution >= 4 is 15.9 Å². The Morgan fingerprint density at radius 2 is 1.67 bits per heavy atom. The largest absolute Gasteiger partial charge is 0.389 e. The Morgan fingerprint density at radius 1 is 1.03 bits per heavy atom. The van der Waals surface area contributed by atoms with Crippen molar-refractivity contribution in [3.05, 3.63) is 77.4 Å². The van der Waals surface area contributed by atoms with E-state index in [-0.39, 0.29) is 10.8 Å². The third-order valence-electron chi connectivity index (χ3n) is 6.24. The van der Waals surface area contributed by atoms with Gasteiger partial charge in [-0.15, -0.1) is 0 Å². The molecule has 0 unspecified atom stereocenters. The van der Waals surface area contributed by atoms with Gasteiger partial charge >= 0.3 is 0 Å². The molecular formula is C24H28N2O3S. The number of hydrogen-bond acceptors (Lipinski definition) is 4. The summed E-state index contributed by atoms with van der Waals surface area (Å²) in [7, 11) is -3.86. The highest BCUT2D eigenvalue weighted by Gasteiger charge is 2.50. The maximum absolute atomic E-state index is 13.9. The fourth-order valence-electron chi connectivity index (χ4n) is 4.42. The molecule has 0 amide bonds. The average Bonchev–Trinajstić information content (AvgIpc) is 2.70. The summed E-state index contributed by atoms with van der Waals surface area (Å²) in [6.07, 6.45) is 1.80. The molecule has 2 aromatic rings. The molecule has 0 radical (unpaired) electrons. The Kier molecular flexibility index (Phi) is 5.11. The number of aliphatic imine (C=N–C) groups is 1. The van der Waals surface area contributed by atoms with Crippen molar-refractivity contribution in [2.75, 3.05) is 0 Å². The number of benzene rings is 2. The first-order chi connectivity index (χ1) is 14.1. The molecule has 0 saturated carbocycles. The van der Waals surface area contributed by atoms with Crippen molar-refractivity contribution in [3.8, 4) is 0 Å². The molecule has 1 aliphatic heterocycles. The minimum absolute atomic E-state index is 0.135. The Hall–Kier alpha value is -2.44. The first kappa shape index (κ1) is 20.8. The number of aryl methyl sites for hydroxylation is 1. The van der Waals surface area contributed by atoms with Gasteiger partial charge in [-0.05, 0) is 51.8 Å². The van der Waals surface area contributed by atoms with Gasteiger partial charge in [0.05, 0.1) is 22.6 Å². The van der Waals surface area contributed by atoms with Gasteiger partial charge in [0, 0.05) is 11.5 Å². The predicted molar refractivity (Wildman–Crippen MR) is 119 cm³/mol. The molecule has 1 aliphatic carbocycles. The van der Waals surface area contributed by atoms with Crippen molar-refractivity contribution in [3.63, 3.8) is 0 Å². The molecular weight excluding hydrogens is 396 g/mol. The zero-order valence-corrected chi connectivity index (χ0v) is 18.6. The lowest BCUT2D eigenvalue weighted by Gasteiger charge is -2.49. The summed E-state index contributed by atoms with van der Waals surface area (Å²) >= 11 is 0. The van der Waals surface area contributed by atoms with E-state index in [2.05, 4.69) is 0 Å². The summed E-state index contributed by atoms with van der Waals surface area (Å²) in [6.45, 7) is 7.83. The van der Waals surface area contributed by atoms with E-state index in [0.717, 1.165) is 16.7 Å². The second kappa shape index (κ2) is 7.36. The van der Waals surface area contributed by atoms with E-state index >= 15 is 0 Å². The topological polar surface area (TPSA) is 70.0 Å². The van der Waals surface area contributed by atoms with Gasteiger partial charge in [-0.2, -0.15) is 0 Å². The molecule has 5 nitrogen and oxygen atoms in total. The van der Waals surface area contributed by atoms with Crippen molar-refractivity contribution in [2.24, 2.45) is 10.9 Å². The summed E-state index contributed by atoms with van der Waals surface area (Å²) in [6, 6.07) is 16.0. The van der Waals surface area contributed by atoms with Crippen molar-refractivity contribution in [1.29, 1.82) is 0 Å². The van der Waals surface area contributed by atoms with E-state index in [9.17, 15) is 13.5 Å². The molecule has 3 atom stereocenters. The van der Waals surface area contributed by atoms with Gasteiger partial charge in [-0.1, -0.05) is 54.1 Å². The van der Waals surface area contributed by atoms with E-state index < -0.39 is 27.7 Å². The highest BCUT2D eigenvalue weighted by molar-refractivity contribution is 7.89. The van der Waals surface area contributed by atoms with Crippen LogP contribution in [0.1, 0.15) is 38.3 Å². The van der Waals surface area contributed by atoms with Gasteiger partial charge in [0.1, 0.15) is 5.84 Å². The fraction of sp³-hybridized carbons (Fsp3) is 0.375. The molecule has 1 heterocycles. The molecule has 0 aromatic heterocycles. The van der Waals surface area contributed by atoms with Crippen LogP contribution in [0.15, 0.2) is 76.1 Å². The van der Waals surface area contributed by atoms with Gasteiger partial charge in [-0.3, -0.25) is 4.99 Å². The molecule has 1 N–H and O–H groups in total. The minimum atomic E-state index is -3.86. The predicted octanol–water partition coefficient (Wildman–Crippen LogP) is 3.92. The highest BCUT2D eigenvalue weighted by Crippen LogP contribution is 2.43. The lowest BCUT2D eigenvalue weighted by Crippen LogP contribution is -2.59. The van der Waals surface area contributed by atoms with Crippen LogP contribution in [0.4, 0.5) is 0 Å². The fourth-order valence-corrected chi connectivity index (χ4v) is 6.03. The number of sulfonamides is 1. The van der Waals surface area contributed by atoms with Crippen molar-refractivity contribution < 1.29 is 13.5 Å². The molecule has 4 rings (SSSR count). The summed E-state index contributed by atoms with van der Waals surface area (Å²) < 4.78 is 29.2. The van der Waals surface area contributed by atoms with Crippen molar-refractivity contribution in [2.45, 2.75) is 56.7 Å². The van der Waals surface area contributed by atoms with E-state index in [1.165, 1.54) is 4.31 Å². The summed E-state index contributed by atoms with van der Waals surface area (Å²) in [4.78, 5) is 5.18. The van der Waals surface area contributed by atoms with Crippen LogP contribution >= 0.6 is 0 Å². The van der Waals surface area contributed by atoms with E-state index in [4.69, 9.17) is 4.99 Å². The first-order valence-corrected chi connectivity index (χ1v) is 11.7. The Labute approximate surface area is 178 Å². The summed E-state index contributed by atoms with van der Waals surface area (Å²) in [5, 5.41) is 10.5. The van der Waals surface area contributed by atoms with Crippen LogP contribution in [0.25, 0.3) is 0 Å². The lowest BCUT2D eigenvalue weighted by molar-refractivity contribution is 0.106. The van der Waals surface area contributed by atoms with E-state index in [1.807, 2.05) is 76.2 Å². The number of aliphatic hydroxyl groups excluding tert-OH is 1. The smallest absolute Gasteiger partial charge is 0.266 e. The van der Waals surface area contributed by atoms with Crippen molar-refractivity contribution in [1.82, 2.24) is 4.31 Å². The van der Waals surface area contributed by atoms with Gasteiger partial charge in [0.15, 0.2) is 0 Å². The van der Waals surface area contributed by atoms with Gasteiger partial charge in [0.2, 0.25) is 0 Å². The molecule has 6 heteroatoms. The molecule has 30 heavy (non-hydrogen) atoms. The molecule has 0 bridgehead atoms. The Bertz CT molecular complexity index is 1100. The number of amidine groups is 1. The Morgan fingerprint density at radius 3 is 2.30 bits per heavy atom. The van der Waals surface area contributed by atoms with Gasteiger partial charge in [-0.25, -0.2) is 12.7 Å². The van der Waals surface area contributed by atoms with Crippen LogP contribution in [0.3, 0.4) is 0 Å². The zero-order valence-electron chi connectivity index (χ0n) is 17.8. The zero-order chi connectivity index (χ0) is 21.7. The average molecular weight is 425 g/mol. The summed E-state index contributed by atoms with van der Waals surface area (Å²) in [5.41, 5.74) is 2.04. The van der Waals surface area contributed by atoms with Crippen LogP contribution in [-0.2, 0) is 10.0 Å². The monoisotopic (exact) mass is 424 g/mol. The third kappa shape index (κ3) is 3.48. The first-order valence-electron chi connectivity index (χ1n) is 10.2. The number of nitrogens with zero attached hydrogens (tertiary/aromatic N) is 2. The maximum Gasteiger partial charge on any atom is 0.266 e. The van der Waals surface area contributed by atoms with E-state index in [1.54, 1.807) is 12.1 Å². The molecule has 0 spiro atoms. The standard InChI is InChI=1S/C24H28N2O3S/c1-16-10-12-19(13-11-16)30(28,29)26-21-14-17(2)22(27)15-20(21)24(3,4)25-23(26)18-8-6-5-7-9-18/h5-14,20-22,27H,15H2,1-4H3/t20-,21+,22-/m1/s1. The number of rotatable bonds is 3. The van der Waals surface area contributed by atoms with Crippen LogP contribution in [0.5, 0.6) is 0 Å². The third-order valence-corrected chi connectivity index (χ3v) is 8.04. The second-order valence-corrected chi connectivity index (χ2v) is 10.6. The molecule has 2 aromatic carbocycles. The van der Waals surface area contributed by atoms with Gasteiger partial charge in [0.25, 0.3) is 10.0 Å². The summed E-state index contributed by atoms with van der Waals surface area (Å²) in [5.74, 6) is 0.312. The molecule has 2 aliphatic rings. The number of aliphatic hydroxyl groups is 1. The molecule has 158 valence electrons. The second-order valence-electron chi connectivity index (χ2n) is 8.83. The van der Waals surface area contributed by atoms with Crippen LogP contribution < -0.4 is 0 Å².